The lowest BCUT2D eigenvalue weighted by Crippen LogP contribution is -2.26. The van der Waals surface area contributed by atoms with E-state index in [4.69, 9.17) is 5.73 Å². The Kier molecular flexibility index (Phi) is 6.29. The molecule has 19 heavy (non-hydrogen) atoms. The number of rotatable bonds is 8. The van der Waals surface area contributed by atoms with E-state index in [0.717, 1.165) is 38.9 Å². The van der Waals surface area contributed by atoms with Crippen LogP contribution in [-0.4, -0.2) is 19.6 Å². The van der Waals surface area contributed by atoms with E-state index in [9.17, 15) is 4.39 Å². The second kappa shape index (κ2) is 7.49. The molecule has 2 nitrogen and oxygen atoms in total. The summed E-state index contributed by atoms with van der Waals surface area (Å²) in [5.74, 6) is -0.133. The molecule has 0 saturated heterocycles. The summed E-state index contributed by atoms with van der Waals surface area (Å²) >= 11 is 0. The van der Waals surface area contributed by atoms with Gasteiger partial charge in [0.1, 0.15) is 5.82 Å². The zero-order chi connectivity index (χ0) is 14.3. The number of hydrogen-bond donors (Lipinski definition) is 1. The predicted octanol–water partition coefficient (Wildman–Crippen LogP) is 3.81. The van der Waals surface area contributed by atoms with E-state index in [0.29, 0.717) is 5.69 Å². The van der Waals surface area contributed by atoms with Crippen molar-refractivity contribution in [3.8, 4) is 0 Å². The largest absolute Gasteiger partial charge is 0.369 e. The molecule has 2 N–H and O–H groups in total. The van der Waals surface area contributed by atoms with E-state index < -0.39 is 0 Å². The molecule has 0 aromatic heterocycles. The van der Waals surface area contributed by atoms with Crippen LogP contribution in [0.1, 0.15) is 40.0 Å². The van der Waals surface area contributed by atoms with Crippen LogP contribution in [-0.2, 0) is 0 Å². The van der Waals surface area contributed by atoms with E-state index in [1.807, 2.05) is 12.1 Å². The van der Waals surface area contributed by atoms with Gasteiger partial charge >= 0.3 is 0 Å². The highest BCUT2D eigenvalue weighted by Crippen LogP contribution is 2.23. The summed E-state index contributed by atoms with van der Waals surface area (Å²) in [6.07, 6.45) is 3.33. The van der Waals surface area contributed by atoms with Gasteiger partial charge in [-0.2, -0.15) is 0 Å². The summed E-state index contributed by atoms with van der Waals surface area (Å²) in [7, 11) is 0. The van der Waals surface area contributed by atoms with Crippen LogP contribution in [0.3, 0.4) is 0 Å². The molecule has 0 unspecified atom stereocenters. The van der Waals surface area contributed by atoms with Crippen LogP contribution < -0.4 is 10.6 Å². The van der Waals surface area contributed by atoms with E-state index in [1.165, 1.54) is 6.07 Å². The molecule has 1 rings (SSSR count). The maximum absolute atomic E-state index is 13.7. The first kappa shape index (κ1) is 16.0. The topological polar surface area (TPSA) is 29.3 Å². The van der Waals surface area contributed by atoms with Crippen molar-refractivity contribution in [3.63, 3.8) is 0 Å². The molecule has 0 aliphatic heterocycles. The third-order valence-electron chi connectivity index (χ3n) is 3.66. The Bertz CT molecular complexity index is 377. The summed E-state index contributed by atoms with van der Waals surface area (Å²) in [5.41, 5.74) is 6.65. The Morgan fingerprint density at radius 2 is 1.89 bits per heavy atom. The maximum Gasteiger partial charge on any atom is 0.146 e. The minimum Gasteiger partial charge on any atom is -0.369 e. The average Bonchev–Trinajstić information content (AvgIpc) is 2.40. The third-order valence-corrected chi connectivity index (χ3v) is 3.66. The first-order valence-electron chi connectivity index (χ1n) is 7.19. The summed E-state index contributed by atoms with van der Waals surface area (Å²) < 4.78 is 13.7. The molecular weight excluding hydrogens is 239 g/mol. The van der Waals surface area contributed by atoms with Gasteiger partial charge in [-0.05, 0) is 43.9 Å². The van der Waals surface area contributed by atoms with Crippen molar-refractivity contribution in [2.45, 2.75) is 40.0 Å². The number of hydrogen-bond acceptors (Lipinski definition) is 2. The minimum atomic E-state index is -0.133. The summed E-state index contributed by atoms with van der Waals surface area (Å²) in [4.78, 5) is 2.10. The lowest BCUT2D eigenvalue weighted by molar-refractivity contribution is 0.333. The molecule has 0 radical (unpaired) electrons. The normalized spacial score (nSPS) is 11.6. The van der Waals surface area contributed by atoms with Gasteiger partial charge in [-0.15, -0.1) is 0 Å². The number of anilines is 1. The van der Waals surface area contributed by atoms with Crippen LogP contribution in [0.5, 0.6) is 0 Å². The summed E-state index contributed by atoms with van der Waals surface area (Å²) in [5, 5.41) is 0. The molecule has 1 aromatic rings. The Morgan fingerprint density at radius 1 is 1.21 bits per heavy atom. The van der Waals surface area contributed by atoms with E-state index >= 15 is 0 Å². The predicted molar refractivity (Wildman–Crippen MR) is 81.0 cm³/mol. The Balaban J connectivity index is 2.44. The second-order valence-electron chi connectivity index (χ2n) is 5.86. The van der Waals surface area contributed by atoms with Gasteiger partial charge in [0.2, 0.25) is 0 Å². The molecule has 1 aromatic carbocycles. The monoisotopic (exact) mass is 266 g/mol. The second-order valence-corrected chi connectivity index (χ2v) is 5.86. The van der Waals surface area contributed by atoms with Gasteiger partial charge in [0.25, 0.3) is 0 Å². The number of nitrogens with two attached hydrogens (primary N) is 1. The fourth-order valence-electron chi connectivity index (χ4n) is 2.17. The first-order chi connectivity index (χ1) is 9.00. The molecule has 0 amide bonds. The molecule has 0 fully saturated rings. The van der Waals surface area contributed by atoms with Crippen LogP contribution in [0, 0.1) is 11.2 Å². The number of nitrogens with zero attached hydrogens (tertiary/aromatic N) is 1. The van der Waals surface area contributed by atoms with Crippen LogP contribution in [0.2, 0.25) is 0 Å². The van der Waals surface area contributed by atoms with Crippen LogP contribution >= 0.6 is 0 Å². The van der Waals surface area contributed by atoms with Crippen LogP contribution in [0.4, 0.5) is 10.1 Å². The molecule has 0 aliphatic carbocycles. The van der Waals surface area contributed by atoms with Crippen molar-refractivity contribution in [2.75, 3.05) is 24.5 Å². The number of unbranched alkanes of at least 4 members (excludes halogenated alkanes) is 1. The van der Waals surface area contributed by atoms with Crippen molar-refractivity contribution in [3.05, 3.63) is 30.1 Å². The van der Waals surface area contributed by atoms with Crippen molar-refractivity contribution < 1.29 is 4.39 Å². The lowest BCUT2D eigenvalue weighted by Gasteiger charge is -2.25. The van der Waals surface area contributed by atoms with Gasteiger partial charge in [0.15, 0.2) is 0 Å². The highest BCUT2D eigenvalue weighted by atomic mass is 19.1. The highest BCUT2D eigenvalue weighted by molar-refractivity contribution is 5.47. The zero-order valence-electron chi connectivity index (χ0n) is 12.5. The van der Waals surface area contributed by atoms with Gasteiger partial charge in [0, 0.05) is 13.1 Å². The van der Waals surface area contributed by atoms with Crippen molar-refractivity contribution in [1.82, 2.24) is 0 Å². The molecular formula is C16H27FN2. The number of benzene rings is 1. The van der Waals surface area contributed by atoms with Gasteiger partial charge < -0.3 is 10.6 Å². The van der Waals surface area contributed by atoms with Gasteiger partial charge in [-0.25, -0.2) is 4.39 Å². The molecule has 0 atom stereocenters. The summed E-state index contributed by atoms with van der Waals surface area (Å²) in [6.45, 7) is 8.91. The molecule has 0 bridgehead atoms. The Morgan fingerprint density at radius 3 is 2.47 bits per heavy atom. The first-order valence-corrected chi connectivity index (χ1v) is 7.19. The molecule has 0 saturated carbocycles. The van der Waals surface area contributed by atoms with E-state index in [-0.39, 0.29) is 11.2 Å². The van der Waals surface area contributed by atoms with Gasteiger partial charge in [-0.1, -0.05) is 32.4 Å². The quantitative estimate of drug-likeness (QED) is 0.725. The molecule has 3 heteroatoms. The molecule has 0 spiro atoms. The fraction of sp³-hybridized carbons (Fsp3) is 0.625. The highest BCUT2D eigenvalue weighted by Gasteiger charge is 2.15. The maximum atomic E-state index is 13.7. The molecule has 0 heterocycles. The number of halogens is 1. The molecule has 0 aliphatic rings. The minimum absolute atomic E-state index is 0.133. The van der Waals surface area contributed by atoms with Gasteiger partial charge in [-0.3, -0.25) is 0 Å². The van der Waals surface area contributed by atoms with Crippen LogP contribution in [0.25, 0.3) is 0 Å². The lowest BCUT2D eigenvalue weighted by atomic mass is 9.87. The SMILES string of the molecule is CCN(CCCCC(C)(C)CN)c1ccccc1F. The van der Waals surface area contributed by atoms with E-state index in [2.05, 4.69) is 25.7 Å². The van der Waals surface area contributed by atoms with Crippen molar-refractivity contribution >= 4 is 5.69 Å². The Labute approximate surface area is 116 Å². The van der Waals surface area contributed by atoms with Crippen LogP contribution in [0.15, 0.2) is 24.3 Å². The third kappa shape index (κ3) is 5.19. The Hall–Kier alpha value is -1.09. The van der Waals surface area contributed by atoms with E-state index in [1.54, 1.807) is 6.07 Å². The smallest absolute Gasteiger partial charge is 0.146 e. The fourth-order valence-corrected chi connectivity index (χ4v) is 2.17. The summed E-state index contributed by atoms with van der Waals surface area (Å²) in [6, 6.07) is 6.99. The molecule has 108 valence electrons. The van der Waals surface area contributed by atoms with Crippen molar-refractivity contribution in [1.29, 1.82) is 0 Å². The number of para-hydroxylation sites is 1. The average molecular weight is 266 g/mol. The van der Waals surface area contributed by atoms with Crippen molar-refractivity contribution in [2.24, 2.45) is 11.1 Å². The standard InChI is InChI=1S/C16H27FN2/c1-4-19(15-10-6-5-9-14(15)17)12-8-7-11-16(2,3)13-18/h5-6,9-10H,4,7-8,11-13,18H2,1-3H3. The zero-order valence-corrected chi connectivity index (χ0v) is 12.5. The van der Waals surface area contributed by atoms with Gasteiger partial charge in [0.05, 0.1) is 5.69 Å².